The molecule has 0 bridgehead atoms. The summed E-state index contributed by atoms with van der Waals surface area (Å²) in [5.74, 6) is 0.227. The van der Waals surface area contributed by atoms with Crippen LogP contribution in [-0.2, 0) is 16.1 Å². The first-order valence-corrected chi connectivity index (χ1v) is 6.29. The number of piperidine rings is 1. The van der Waals surface area contributed by atoms with Gasteiger partial charge in [0, 0.05) is 5.92 Å². The second-order valence-corrected chi connectivity index (χ2v) is 4.71. The quantitative estimate of drug-likeness (QED) is 0.813. The maximum atomic E-state index is 11.3. The van der Waals surface area contributed by atoms with Crippen LogP contribution in [0.3, 0.4) is 0 Å². The smallest absolute Gasteiger partial charge is 0.373 e. The third-order valence-electron chi connectivity index (χ3n) is 3.42. The largest absolute Gasteiger partial charge is 0.463 e. The van der Waals surface area contributed by atoms with Gasteiger partial charge in [-0.1, -0.05) is 0 Å². The van der Waals surface area contributed by atoms with Crippen LogP contribution in [0, 0.1) is 5.92 Å². The summed E-state index contributed by atoms with van der Waals surface area (Å²) in [4.78, 5) is 24.5. The van der Waals surface area contributed by atoms with E-state index in [1.54, 1.807) is 12.1 Å². The summed E-state index contributed by atoms with van der Waals surface area (Å²) >= 11 is 0. The average Bonchev–Trinajstić information content (AvgIpc) is 2.87. The number of likely N-dealkylation sites (tertiary alicyclic amines) is 1. The molecule has 0 saturated carbocycles. The average molecular weight is 266 g/mol. The van der Waals surface area contributed by atoms with Gasteiger partial charge in [0.15, 0.2) is 0 Å². The SMILES string of the molecule is COC(=O)c1ccc(CN2CCC(C(N)=O)CC2)o1. The Morgan fingerprint density at radius 3 is 2.68 bits per heavy atom. The van der Waals surface area contributed by atoms with Crippen molar-refractivity contribution in [3.8, 4) is 0 Å². The van der Waals surface area contributed by atoms with Crippen LogP contribution < -0.4 is 5.73 Å². The molecule has 0 aromatic carbocycles. The summed E-state index contributed by atoms with van der Waals surface area (Å²) in [6.07, 6.45) is 1.56. The van der Waals surface area contributed by atoms with Gasteiger partial charge >= 0.3 is 5.97 Å². The molecule has 0 unspecified atom stereocenters. The third-order valence-corrected chi connectivity index (χ3v) is 3.42. The Balaban J connectivity index is 1.87. The van der Waals surface area contributed by atoms with Crippen molar-refractivity contribution >= 4 is 11.9 Å². The first-order chi connectivity index (χ1) is 9.10. The van der Waals surface area contributed by atoms with Gasteiger partial charge < -0.3 is 14.9 Å². The molecular weight excluding hydrogens is 248 g/mol. The first kappa shape index (κ1) is 13.6. The predicted molar refractivity (Wildman–Crippen MR) is 67.2 cm³/mol. The highest BCUT2D eigenvalue weighted by molar-refractivity contribution is 5.86. The number of carbonyl (C=O) groups excluding carboxylic acids is 2. The molecule has 0 aliphatic carbocycles. The number of amides is 1. The number of hydrogen-bond donors (Lipinski definition) is 1. The monoisotopic (exact) mass is 266 g/mol. The number of esters is 1. The van der Waals surface area contributed by atoms with E-state index in [-0.39, 0.29) is 17.6 Å². The van der Waals surface area contributed by atoms with E-state index in [1.807, 2.05) is 0 Å². The molecule has 1 fully saturated rings. The van der Waals surface area contributed by atoms with Gasteiger partial charge in [0.1, 0.15) is 5.76 Å². The molecule has 2 N–H and O–H groups in total. The van der Waals surface area contributed by atoms with E-state index in [4.69, 9.17) is 10.2 Å². The molecule has 1 aromatic heterocycles. The van der Waals surface area contributed by atoms with Gasteiger partial charge in [0.05, 0.1) is 13.7 Å². The molecule has 1 aliphatic heterocycles. The summed E-state index contributed by atoms with van der Waals surface area (Å²) in [7, 11) is 1.32. The molecule has 1 aromatic rings. The summed E-state index contributed by atoms with van der Waals surface area (Å²) in [5.41, 5.74) is 5.29. The predicted octanol–water partition coefficient (Wildman–Crippen LogP) is 0.763. The highest BCUT2D eigenvalue weighted by atomic mass is 16.5. The molecule has 1 saturated heterocycles. The first-order valence-electron chi connectivity index (χ1n) is 6.29. The third kappa shape index (κ3) is 3.35. The Kier molecular flexibility index (Phi) is 4.21. The number of carbonyl (C=O) groups is 2. The molecule has 1 aliphatic rings. The number of furan rings is 1. The van der Waals surface area contributed by atoms with E-state index in [2.05, 4.69) is 9.64 Å². The molecule has 2 rings (SSSR count). The van der Waals surface area contributed by atoms with Crippen LogP contribution in [0.25, 0.3) is 0 Å². The molecule has 0 radical (unpaired) electrons. The lowest BCUT2D eigenvalue weighted by atomic mass is 9.96. The Morgan fingerprint density at radius 2 is 2.11 bits per heavy atom. The van der Waals surface area contributed by atoms with Crippen molar-refractivity contribution in [1.29, 1.82) is 0 Å². The molecule has 104 valence electrons. The van der Waals surface area contributed by atoms with Crippen LogP contribution in [0.2, 0.25) is 0 Å². The summed E-state index contributed by atoms with van der Waals surface area (Å²) in [5, 5.41) is 0. The highest BCUT2D eigenvalue weighted by Gasteiger charge is 2.23. The van der Waals surface area contributed by atoms with E-state index < -0.39 is 5.97 Å². The minimum Gasteiger partial charge on any atom is -0.463 e. The second kappa shape index (κ2) is 5.88. The van der Waals surface area contributed by atoms with Crippen LogP contribution in [0.1, 0.15) is 29.2 Å². The van der Waals surface area contributed by atoms with Crippen molar-refractivity contribution in [3.05, 3.63) is 23.7 Å². The lowest BCUT2D eigenvalue weighted by Gasteiger charge is -2.29. The van der Waals surface area contributed by atoms with Gasteiger partial charge in [-0.15, -0.1) is 0 Å². The van der Waals surface area contributed by atoms with Gasteiger partial charge in [0.2, 0.25) is 11.7 Å². The van der Waals surface area contributed by atoms with Crippen LogP contribution >= 0.6 is 0 Å². The number of rotatable bonds is 4. The Hall–Kier alpha value is -1.82. The second-order valence-electron chi connectivity index (χ2n) is 4.71. The summed E-state index contributed by atoms with van der Waals surface area (Å²) in [6.45, 7) is 2.24. The summed E-state index contributed by atoms with van der Waals surface area (Å²) in [6, 6.07) is 3.38. The van der Waals surface area contributed by atoms with E-state index in [9.17, 15) is 9.59 Å². The van der Waals surface area contributed by atoms with Crippen LogP contribution in [0.15, 0.2) is 16.5 Å². The van der Waals surface area contributed by atoms with Crippen LogP contribution in [0.4, 0.5) is 0 Å². The molecule has 6 nitrogen and oxygen atoms in total. The normalized spacial score (nSPS) is 17.3. The van der Waals surface area contributed by atoms with Crippen molar-refractivity contribution in [3.63, 3.8) is 0 Å². The number of methoxy groups -OCH3 is 1. The standard InChI is InChI=1S/C13H18N2O4/c1-18-13(17)11-3-2-10(19-11)8-15-6-4-9(5-7-15)12(14)16/h2-3,9H,4-8H2,1H3,(H2,14,16). The lowest BCUT2D eigenvalue weighted by molar-refractivity contribution is -0.123. The fourth-order valence-corrected chi connectivity index (χ4v) is 2.27. The lowest BCUT2D eigenvalue weighted by Crippen LogP contribution is -2.38. The van der Waals surface area contributed by atoms with Gasteiger partial charge in [-0.05, 0) is 38.1 Å². The molecule has 6 heteroatoms. The van der Waals surface area contributed by atoms with E-state index >= 15 is 0 Å². The zero-order valence-corrected chi connectivity index (χ0v) is 10.9. The van der Waals surface area contributed by atoms with Crippen LogP contribution in [0.5, 0.6) is 0 Å². The molecule has 19 heavy (non-hydrogen) atoms. The van der Waals surface area contributed by atoms with Crippen LogP contribution in [-0.4, -0.2) is 37.0 Å². The number of hydrogen-bond acceptors (Lipinski definition) is 5. The highest BCUT2D eigenvalue weighted by Crippen LogP contribution is 2.19. The molecule has 2 heterocycles. The maximum Gasteiger partial charge on any atom is 0.373 e. The summed E-state index contributed by atoms with van der Waals surface area (Å²) < 4.78 is 9.99. The number of primary amides is 1. The van der Waals surface area contributed by atoms with Crippen molar-refractivity contribution in [2.24, 2.45) is 11.7 Å². The fraction of sp³-hybridized carbons (Fsp3) is 0.538. The fourth-order valence-electron chi connectivity index (χ4n) is 2.27. The molecular formula is C13H18N2O4. The van der Waals surface area contributed by atoms with E-state index in [0.717, 1.165) is 31.7 Å². The Bertz CT molecular complexity index is 461. The van der Waals surface area contributed by atoms with Gasteiger partial charge in [-0.3, -0.25) is 9.69 Å². The zero-order valence-electron chi connectivity index (χ0n) is 10.9. The van der Waals surface area contributed by atoms with Gasteiger partial charge in [-0.2, -0.15) is 0 Å². The maximum absolute atomic E-state index is 11.3. The Morgan fingerprint density at radius 1 is 1.42 bits per heavy atom. The van der Waals surface area contributed by atoms with Crippen molar-refractivity contribution in [2.45, 2.75) is 19.4 Å². The Labute approximate surface area is 111 Å². The van der Waals surface area contributed by atoms with Crippen molar-refractivity contribution in [2.75, 3.05) is 20.2 Å². The number of nitrogens with zero attached hydrogens (tertiary/aromatic N) is 1. The van der Waals surface area contributed by atoms with Crippen molar-refractivity contribution in [1.82, 2.24) is 4.90 Å². The minimum absolute atomic E-state index is 0.0153. The van der Waals surface area contributed by atoms with Gasteiger partial charge in [0.25, 0.3) is 0 Å². The zero-order chi connectivity index (χ0) is 13.8. The molecule has 1 amide bonds. The number of nitrogens with two attached hydrogens (primary N) is 1. The minimum atomic E-state index is -0.473. The van der Waals surface area contributed by atoms with E-state index in [1.165, 1.54) is 7.11 Å². The van der Waals surface area contributed by atoms with Crippen molar-refractivity contribution < 1.29 is 18.7 Å². The molecule has 0 spiro atoms. The topological polar surface area (TPSA) is 85.8 Å². The van der Waals surface area contributed by atoms with Gasteiger partial charge in [-0.25, -0.2) is 4.79 Å². The number of ether oxygens (including phenoxy) is 1. The molecule has 0 atom stereocenters. The van der Waals surface area contributed by atoms with E-state index in [0.29, 0.717) is 6.54 Å².